The van der Waals surface area contributed by atoms with Crippen LogP contribution in [0.25, 0.3) is 0 Å². The highest BCUT2D eigenvalue weighted by Gasteiger charge is 2.10. The quantitative estimate of drug-likeness (QED) is 0.477. The van der Waals surface area contributed by atoms with Crippen molar-refractivity contribution in [3.05, 3.63) is 52.2 Å². The Morgan fingerprint density at radius 1 is 1.22 bits per heavy atom. The molecule has 124 valence electrons. The number of aliphatic carboxylic acids is 1. The second-order valence-electron chi connectivity index (χ2n) is 5.47. The van der Waals surface area contributed by atoms with Gasteiger partial charge in [-0.25, -0.2) is 0 Å². The molecule has 23 heavy (non-hydrogen) atoms. The maximum Gasteiger partial charge on any atom is 0.316 e. The third-order valence-corrected chi connectivity index (χ3v) is 4.92. The van der Waals surface area contributed by atoms with Crippen LogP contribution in [0.4, 0.5) is 0 Å². The molecule has 1 N–H and O–H groups in total. The lowest BCUT2D eigenvalue weighted by Gasteiger charge is -2.08. The van der Waals surface area contributed by atoms with E-state index >= 15 is 0 Å². The number of carboxylic acids is 1. The number of aryl methyl sites for hydroxylation is 1. The van der Waals surface area contributed by atoms with Gasteiger partial charge in [0.1, 0.15) is 12.4 Å². The van der Waals surface area contributed by atoms with E-state index in [0.29, 0.717) is 13.0 Å². The molecule has 0 fully saturated rings. The van der Waals surface area contributed by atoms with Crippen molar-refractivity contribution in [2.75, 3.05) is 0 Å². The van der Waals surface area contributed by atoms with Gasteiger partial charge in [0, 0.05) is 4.88 Å². The molecular weight excluding hydrogens is 328 g/mol. The van der Waals surface area contributed by atoms with Gasteiger partial charge in [0.15, 0.2) is 0 Å². The van der Waals surface area contributed by atoms with Gasteiger partial charge in [-0.05, 0) is 48.4 Å². The van der Waals surface area contributed by atoms with Gasteiger partial charge in [0.25, 0.3) is 0 Å². The smallest absolute Gasteiger partial charge is 0.316 e. The van der Waals surface area contributed by atoms with E-state index in [1.54, 1.807) is 11.3 Å². The number of ether oxygens (including phenoxy) is 1. The standard InChI is InChI=1S/C18H22O3S2/c19-18(20)17(22)10-3-1-2-6-14-7-4-8-15(12-14)21-13-16-9-5-11-23-16/h4-5,7-9,11-12,17,22H,1-3,6,10,13H2,(H,19,20). The van der Waals surface area contributed by atoms with Gasteiger partial charge in [0.2, 0.25) is 0 Å². The molecule has 0 spiro atoms. The van der Waals surface area contributed by atoms with E-state index in [2.05, 4.69) is 36.2 Å². The van der Waals surface area contributed by atoms with E-state index in [1.165, 1.54) is 10.4 Å². The Labute approximate surface area is 146 Å². The van der Waals surface area contributed by atoms with Crippen molar-refractivity contribution in [3.8, 4) is 5.75 Å². The van der Waals surface area contributed by atoms with Gasteiger partial charge >= 0.3 is 5.97 Å². The van der Waals surface area contributed by atoms with Crippen molar-refractivity contribution in [1.82, 2.24) is 0 Å². The lowest BCUT2D eigenvalue weighted by Crippen LogP contribution is -2.12. The first kappa shape index (κ1) is 17.9. The van der Waals surface area contributed by atoms with Crippen molar-refractivity contribution in [1.29, 1.82) is 0 Å². The van der Waals surface area contributed by atoms with E-state index in [0.717, 1.165) is 31.4 Å². The molecule has 0 bridgehead atoms. The lowest BCUT2D eigenvalue weighted by atomic mass is 10.1. The molecule has 0 amide bonds. The number of benzene rings is 1. The third kappa shape index (κ3) is 6.67. The molecule has 5 heteroatoms. The zero-order valence-electron chi connectivity index (χ0n) is 13.0. The first-order valence-corrected chi connectivity index (χ1v) is 9.20. The molecule has 0 saturated carbocycles. The average molecular weight is 351 g/mol. The minimum atomic E-state index is -0.830. The largest absolute Gasteiger partial charge is 0.488 e. The van der Waals surface area contributed by atoms with Crippen molar-refractivity contribution < 1.29 is 14.6 Å². The van der Waals surface area contributed by atoms with Crippen LogP contribution in [0.15, 0.2) is 41.8 Å². The molecule has 2 rings (SSSR count). The van der Waals surface area contributed by atoms with E-state index in [-0.39, 0.29) is 0 Å². The summed E-state index contributed by atoms with van der Waals surface area (Å²) in [6, 6.07) is 12.3. The number of rotatable bonds is 10. The second-order valence-corrected chi connectivity index (χ2v) is 7.12. The van der Waals surface area contributed by atoms with Gasteiger partial charge < -0.3 is 9.84 Å². The number of unbranched alkanes of at least 4 members (excludes halogenated alkanes) is 2. The zero-order chi connectivity index (χ0) is 16.5. The predicted octanol–water partition coefficient (Wildman–Crippen LogP) is 4.81. The van der Waals surface area contributed by atoms with Crippen molar-refractivity contribution >= 4 is 29.9 Å². The molecule has 2 aromatic rings. The molecule has 0 radical (unpaired) electrons. The van der Waals surface area contributed by atoms with Gasteiger partial charge in [0.05, 0.1) is 5.25 Å². The first-order valence-electron chi connectivity index (χ1n) is 7.80. The fourth-order valence-electron chi connectivity index (χ4n) is 2.31. The van der Waals surface area contributed by atoms with Crippen molar-refractivity contribution in [2.24, 2.45) is 0 Å². The summed E-state index contributed by atoms with van der Waals surface area (Å²) < 4.78 is 5.81. The van der Waals surface area contributed by atoms with Crippen LogP contribution in [0.2, 0.25) is 0 Å². The number of carboxylic acid groups (broad SMARTS) is 1. The van der Waals surface area contributed by atoms with Gasteiger partial charge in [-0.1, -0.05) is 31.0 Å². The van der Waals surface area contributed by atoms with E-state index in [9.17, 15) is 4.79 Å². The number of thiophene rings is 1. The van der Waals surface area contributed by atoms with Gasteiger partial charge in [-0.2, -0.15) is 12.6 Å². The Bertz CT molecular complexity index is 596. The monoisotopic (exact) mass is 350 g/mol. The van der Waals surface area contributed by atoms with E-state index < -0.39 is 11.2 Å². The summed E-state index contributed by atoms with van der Waals surface area (Å²) in [4.78, 5) is 11.9. The maximum absolute atomic E-state index is 10.7. The topological polar surface area (TPSA) is 46.5 Å². The number of carbonyl (C=O) groups is 1. The number of hydrogen-bond donors (Lipinski definition) is 2. The molecule has 1 atom stereocenters. The molecule has 0 saturated heterocycles. The Morgan fingerprint density at radius 2 is 2.09 bits per heavy atom. The summed E-state index contributed by atoms with van der Waals surface area (Å²) in [5, 5.41) is 10.3. The molecule has 1 aromatic carbocycles. The number of thiol groups is 1. The van der Waals surface area contributed by atoms with Crippen molar-refractivity contribution in [2.45, 2.75) is 44.0 Å². The SMILES string of the molecule is O=C(O)C(S)CCCCCc1cccc(OCc2cccs2)c1. The summed E-state index contributed by atoms with van der Waals surface area (Å²) in [5.74, 6) is 0.0705. The zero-order valence-corrected chi connectivity index (χ0v) is 14.7. The number of hydrogen-bond acceptors (Lipinski definition) is 4. The molecule has 1 unspecified atom stereocenters. The Hall–Kier alpha value is -1.46. The fraction of sp³-hybridized carbons (Fsp3) is 0.389. The minimum absolute atomic E-state index is 0.538. The highest BCUT2D eigenvalue weighted by atomic mass is 32.1. The van der Waals surface area contributed by atoms with Crippen LogP contribution in [0.1, 0.15) is 36.1 Å². The second kappa shape index (κ2) is 9.63. The molecule has 0 aliphatic rings. The predicted molar refractivity (Wildman–Crippen MR) is 97.7 cm³/mol. The van der Waals surface area contributed by atoms with Crippen LogP contribution in [-0.4, -0.2) is 16.3 Å². The van der Waals surface area contributed by atoms with Crippen LogP contribution in [0, 0.1) is 0 Å². The summed E-state index contributed by atoms with van der Waals surface area (Å²) in [7, 11) is 0. The molecule has 1 heterocycles. The minimum Gasteiger partial charge on any atom is -0.488 e. The molecule has 0 aliphatic carbocycles. The maximum atomic E-state index is 10.7. The fourth-order valence-corrected chi connectivity index (χ4v) is 3.11. The normalized spacial score (nSPS) is 12.0. The Morgan fingerprint density at radius 3 is 2.83 bits per heavy atom. The van der Waals surface area contributed by atoms with Crippen molar-refractivity contribution in [3.63, 3.8) is 0 Å². The summed E-state index contributed by atoms with van der Waals surface area (Å²) >= 11 is 5.74. The van der Waals surface area contributed by atoms with E-state index in [4.69, 9.17) is 9.84 Å². The Kier molecular flexibility index (Phi) is 7.49. The highest BCUT2D eigenvalue weighted by Crippen LogP contribution is 2.19. The molecule has 3 nitrogen and oxygen atoms in total. The highest BCUT2D eigenvalue weighted by molar-refractivity contribution is 7.81. The summed E-state index contributed by atoms with van der Waals surface area (Å²) in [6.07, 6.45) is 4.58. The molecular formula is C18H22O3S2. The van der Waals surface area contributed by atoms with E-state index in [1.807, 2.05) is 18.2 Å². The van der Waals surface area contributed by atoms with Crippen LogP contribution >= 0.6 is 24.0 Å². The van der Waals surface area contributed by atoms with Gasteiger partial charge in [-0.15, -0.1) is 11.3 Å². The summed E-state index contributed by atoms with van der Waals surface area (Å²) in [6.45, 7) is 0.611. The lowest BCUT2D eigenvalue weighted by molar-refractivity contribution is -0.136. The van der Waals surface area contributed by atoms with Gasteiger partial charge in [-0.3, -0.25) is 4.79 Å². The summed E-state index contributed by atoms with van der Waals surface area (Å²) in [5.41, 5.74) is 1.26. The first-order chi connectivity index (χ1) is 11.1. The third-order valence-electron chi connectivity index (χ3n) is 3.59. The Balaban J connectivity index is 1.69. The van der Waals surface area contributed by atoms with Crippen LogP contribution in [0.3, 0.4) is 0 Å². The molecule has 0 aliphatic heterocycles. The van der Waals surface area contributed by atoms with Crippen LogP contribution < -0.4 is 4.74 Å². The molecule has 1 aromatic heterocycles. The average Bonchev–Trinajstić information content (AvgIpc) is 3.06. The van der Waals surface area contributed by atoms with Crippen LogP contribution in [-0.2, 0) is 17.8 Å². The van der Waals surface area contributed by atoms with Crippen LogP contribution in [0.5, 0.6) is 5.75 Å².